The summed E-state index contributed by atoms with van der Waals surface area (Å²) >= 11 is 0. The van der Waals surface area contributed by atoms with Gasteiger partial charge in [0.15, 0.2) is 5.78 Å². The largest absolute Gasteiger partial charge is 0.499 e. The van der Waals surface area contributed by atoms with Crippen LogP contribution < -0.4 is 0 Å². The quantitative estimate of drug-likeness (QED) is 0.486. The molecular weight excluding hydrogens is 436 g/mol. The average molecular weight is 473 g/mol. The number of allylic oxidation sites excluding steroid dienone is 3. The number of fused-ring (bicyclic) bond motifs is 3. The van der Waals surface area contributed by atoms with Gasteiger partial charge >= 0.3 is 11.9 Å². The zero-order valence-electron chi connectivity index (χ0n) is 21.4. The van der Waals surface area contributed by atoms with Gasteiger partial charge in [0.05, 0.1) is 31.2 Å². The van der Waals surface area contributed by atoms with Gasteiger partial charge in [-0.1, -0.05) is 32.4 Å². The fourth-order valence-corrected chi connectivity index (χ4v) is 9.46. The normalized spacial score (nSPS) is 48.4. The van der Waals surface area contributed by atoms with E-state index >= 15 is 0 Å². The Bertz CT molecular complexity index is 1080. The number of aliphatic hydroxyl groups is 1. The summed E-state index contributed by atoms with van der Waals surface area (Å²) in [5.41, 5.74) is -3.80. The summed E-state index contributed by atoms with van der Waals surface area (Å²) in [5.74, 6) is -1.18. The standard InChI is InChI=1S/C27H36O7/c1-13-11-16-24(5,27(22(31)33-8)20(32-7)14(2)19(29)25(13,27)6)12-15-18-23(3,4)17(28)9-10-26(16,18)21(30)34-15/h11,15-18,28H,9-10,12H2,1-8H3. The van der Waals surface area contributed by atoms with Crippen LogP contribution in [0.2, 0.25) is 0 Å². The zero-order valence-corrected chi connectivity index (χ0v) is 21.4. The molecule has 1 aliphatic heterocycles. The summed E-state index contributed by atoms with van der Waals surface area (Å²) in [7, 11) is 2.84. The van der Waals surface area contributed by atoms with Crippen LogP contribution >= 0.6 is 0 Å². The molecule has 2 saturated carbocycles. The highest BCUT2D eigenvalue weighted by Gasteiger charge is 2.84. The Kier molecular flexibility index (Phi) is 4.53. The van der Waals surface area contributed by atoms with Gasteiger partial charge in [0, 0.05) is 22.8 Å². The van der Waals surface area contributed by atoms with Crippen molar-refractivity contribution < 1.29 is 33.7 Å². The second-order valence-corrected chi connectivity index (χ2v) is 12.1. The molecule has 5 aliphatic rings. The number of carbonyl (C=O) groups excluding carboxylic acids is 3. The first kappa shape index (κ1) is 23.6. The Balaban J connectivity index is 1.88. The first-order valence-corrected chi connectivity index (χ1v) is 12.2. The van der Waals surface area contributed by atoms with Gasteiger partial charge in [-0.15, -0.1) is 0 Å². The van der Waals surface area contributed by atoms with Crippen LogP contribution in [0.1, 0.15) is 60.8 Å². The number of carbonyl (C=O) groups is 3. The smallest absolute Gasteiger partial charge is 0.321 e. The lowest BCUT2D eigenvalue weighted by Crippen LogP contribution is -2.70. The number of aliphatic hydroxyl groups excluding tert-OH is 1. The van der Waals surface area contributed by atoms with E-state index in [1.165, 1.54) is 14.2 Å². The van der Waals surface area contributed by atoms with Crippen molar-refractivity contribution in [1.82, 2.24) is 0 Å². The Morgan fingerprint density at radius 3 is 2.38 bits per heavy atom. The SMILES string of the molecule is COC(=O)C12C(OC)=C(C)C(=O)C1(C)C(C)=CC1C34CCC(O)C(C)(C)C3C(CC12C)OC4=O. The van der Waals surface area contributed by atoms with Crippen LogP contribution in [0.15, 0.2) is 23.0 Å². The number of hydrogen-bond donors (Lipinski definition) is 1. The van der Waals surface area contributed by atoms with Gasteiger partial charge in [-0.2, -0.15) is 0 Å². The summed E-state index contributed by atoms with van der Waals surface area (Å²) in [6.45, 7) is 11.4. The monoisotopic (exact) mass is 472 g/mol. The molecule has 1 heterocycles. The third-order valence-electron chi connectivity index (χ3n) is 10.9. The van der Waals surface area contributed by atoms with Crippen molar-refractivity contribution in [2.24, 2.45) is 38.9 Å². The molecule has 2 bridgehead atoms. The van der Waals surface area contributed by atoms with Gasteiger partial charge < -0.3 is 19.3 Å². The molecule has 3 fully saturated rings. The fourth-order valence-electron chi connectivity index (χ4n) is 9.46. The van der Waals surface area contributed by atoms with Crippen molar-refractivity contribution in [1.29, 1.82) is 0 Å². The second kappa shape index (κ2) is 6.54. The summed E-state index contributed by atoms with van der Waals surface area (Å²) in [6, 6.07) is 0. The van der Waals surface area contributed by atoms with Crippen LogP contribution in [0, 0.1) is 38.9 Å². The third-order valence-corrected chi connectivity index (χ3v) is 10.9. The molecule has 1 saturated heterocycles. The molecule has 34 heavy (non-hydrogen) atoms. The molecule has 0 spiro atoms. The van der Waals surface area contributed by atoms with Gasteiger partial charge in [-0.05, 0) is 45.4 Å². The van der Waals surface area contributed by atoms with Crippen LogP contribution in [-0.4, -0.2) is 49.3 Å². The first-order chi connectivity index (χ1) is 15.7. The lowest BCUT2D eigenvalue weighted by molar-refractivity contribution is -0.213. The molecule has 1 N–H and O–H groups in total. The van der Waals surface area contributed by atoms with Crippen molar-refractivity contribution in [3.63, 3.8) is 0 Å². The third kappa shape index (κ3) is 2.02. The van der Waals surface area contributed by atoms with E-state index in [9.17, 15) is 19.5 Å². The van der Waals surface area contributed by atoms with Crippen molar-refractivity contribution in [2.45, 2.75) is 73.0 Å². The number of rotatable bonds is 2. The van der Waals surface area contributed by atoms with Crippen LogP contribution in [0.3, 0.4) is 0 Å². The Morgan fingerprint density at radius 1 is 1.15 bits per heavy atom. The Labute approximate surface area is 200 Å². The van der Waals surface area contributed by atoms with E-state index in [2.05, 4.69) is 6.08 Å². The van der Waals surface area contributed by atoms with E-state index in [1.807, 2.05) is 34.6 Å². The van der Waals surface area contributed by atoms with Crippen molar-refractivity contribution in [2.75, 3.05) is 14.2 Å². The fraction of sp³-hybridized carbons (Fsp3) is 0.741. The molecule has 0 aromatic rings. The molecule has 5 rings (SSSR count). The number of ether oxygens (including phenoxy) is 3. The van der Waals surface area contributed by atoms with E-state index in [4.69, 9.17) is 14.2 Å². The zero-order chi connectivity index (χ0) is 25.2. The predicted molar refractivity (Wildman–Crippen MR) is 122 cm³/mol. The van der Waals surface area contributed by atoms with Crippen LogP contribution in [0.5, 0.6) is 0 Å². The lowest BCUT2D eigenvalue weighted by atomic mass is 9.33. The van der Waals surface area contributed by atoms with E-state index in [0.717, 1.165) is 5.57 Å². The molecule has 8 unspecified atom stereocenters. The highest BCUT2D eigenvalue weighted by molar-refractivity contribution is 6.11. The number of Topliss-reactive ketones (excluding diaryl/α,β-unsaturated/α-hetero) is 1. The van der Waals surface area contributed by atoms with Crippen molar-refractivity contribution in [3.8, 4) is 0 Å². The molecule has 0 aromatic carbocycles. The minimum absolute atomic E-state index is 0.151. The number of ketones is 1. The molecule has 7 nitrogen and oxygen atoms in total. The van der Waals surface area contributed by atoms with Crippen LogP contribution in [0.4, 0.5) is 0 Å². The summed E-state index contributed by atoms with van der Waals surface area (Å²) < 4.78 is 17.4. The first-order valence-electron chi connectivity index (χ1n) is 12.2. The molecule has 4 aliphatic carbocycles. The minimum Gasteiger partial charge on any atom is -0.499 e. The topological polar surface area (TPSA) is 99.1 Å². The summed E-state index contributed by atoms with van der Waals surface area (Å²) in [6.07, 6.45) is 2.34. The van der Waals surface area contributed by atoms with Crippen LogP contribution in [0.25, 0.3) is 0 Å². The Hall–Kier alpha value is -2.15. The highest BCUT2D eigenvalue weighted by Crippen LogP contribution is 2.79. The molecule has 7 heteroatoms. The maximum Gasteiger partial charge on any atom is 0.321 e. The van der Waals surface area contributed by atoms with E-state index in [-0.39, 0.29) is 23.6 Å². The lowest BCUT2D eigenvalue weighted by Gasteiger charge is -2.66. The van der Waals surface area contributed by atoms with E-state index in [1.54, 1.807) is 6.92 Å². The summed E-state index contributed by atoms with van der Waals surface area (Å²) in [4.78, 5) is 41.6. The van der Waals surface area contributed by atoms with Crippen LogP contribution in [-0.2, 0) is 28.6 Å². The summed E-state index contributed by atoms with van der Waals surface area (Å²) in [5, 5.41) is 10.9. The molecule has 0 radical (unpaired) electrons. The average Bonchev–Trinajstić information content (AvgIpc) is 3.13. The second-order valence-electron chi connectivity index (χ2n) is 12.1. The molecule has 0 aromatic heterocycles. The minimum atomic E-state index is -1.43. The van der Waals surface area contributed by atoms with Gasteiger partial charge in [-0.3, -0.25) is 14.4 Å². The number of hydrogen-bond acceptors (Lipinski definition) is 7. The number of methoxy groups -OCH3 is 2. The highest BCUT2D eigenvalue weighted by atomic mass is 16.6. The maximum absolute atomic E-state index is 14.0. The predicted octanol–water partition coefficient (Wildman–Crippen LogP) is 3.35. The molecule has 8 atom stereocenters. The van der Waals surface area contributed by atoms with Crippen molar-refractivity contribution >= 4 is 17.7 Å². The Morgan fingerprint density at radius 2 is 1.79 bits per heavy atom. The van der Waals surface area contributed by atoms with Gasteiger partial charge in [0.25, 0.3) is 0 Å². The van der Waals surface area contributed by atoms with E-state index < -0.39 is 45.3 Å². The van der Waals surface area contributed by atoms with Gasteiger partial charge in [0.1, 0.15) is 17.3 Å². The van der Waals surface area contributed by atoms with Gasteiger partial charge in [0.2, 0.25) is 0 Å². The van der Waals surface area contributed by atoms with Gasteiger partial charge in [-0.25, -0.2) is 0 Å². The molecular formula is C27H36O7. The van der Waals surface area contributed by atoms with Crippen molar-refractivity contribution in [3.05, 3.63) is 23.0 Å². The number of esters is 2. The maximum atomic E-state index is 14.0. The molecule has 0 amide bonds. The van der Waals surface area contributed by atoms with E-state index in [0.29, 0.717) is 30.6 Å². The molecule has 186 valence electrons.